The van der Waals surface area contributed by atoms with Crippen molar-refractivity contribution in [3.05, 3.63) is 60.5 Å². The predicted molar refractivity (Wildman–Crippen MR) is 90.1 cm³/mol. The summed E-state index contributed by atoms with van der Waals surface area (Å²) in [6, 6.07) is 8.11. The summed E-state index contributed by atoms with van der Waals surface area (Å²) >= 11 is 0. The third kappa shape index (κ3) is 3.26. The number of hydrogen-bond acceptors (Lipinski definition) is 5. The molecule has 5 heteroatoms. The van der Waals surface area contributed by atoms with Gasteiger partial charge in [0.2, 0.25) is 0 Å². The Morgan fingerprint density at radius 3 is 2.58 bits per heavy atom. The van der Waals surface area contributed by atoms with Crippen LogP contribution >= 0.6 is 0 Å². The van der Waals surface area contributed by atoms with E-state index in [4.69, 9.17) is 8.83 Å². The molecule has 0 spiro atoms. The van der Waals surface area contributed by atoms with Crippen molar-refractivity contribution >= 4 is 0 Å². The molecule has 1 aliphatic rings. The van der Waals surface area contributed by atoms with E-state index in [-0.39, 0.29) is 0 Å². The van der Waals surface area contributed by atoms with Gasteiger partial charge in [-0.2, -0.15) is 0 Å². The maximum Gasteiger partial charge on any atom is 0.195 e. The average molecular weight is 323 g/mol. The van der Waals surface area contributed by atoms with Crippen LogP contribution in [0.3, 0.4) is 0 Å². The van der Waals surface area contributed by atoms with Gasteiger partial charge in [0, 0.05) is 24.5 Å². The molecule has 1 aliphatic heterocycles. The number of likely N-dealkylation sites (tertiary alicyclic amines) is 1. The zero-order chi connectivity index (χ0) is 16.2. The Bertz CT molecular complexity index is 736. The van der Waals surface area contributed by atoms with Gasteiger partial charge in [0.1, 0.15) is 5.76 Å². The molecule has 1 fully saturated rings. The minimum absolute atomic E-state index is 0.340. The lowest BCUT2D eigenvalue weighted by Gasteiger charge is -2.28. The van der Waals surface area contributed by atoms with Crippen LogP contribution in [0.15, 0.2) is 58.0 Å². The van der Waals surface area contributed by atoms with Gasteiger partial charge < -0.3 is 8.83 Å². The molecule has 0 amide bonds. The van der Waals surface area contributed by atoms with Crippen molar-refractivity contribution < 1.29 is 8.83 Å². The van der Waals surface area contributed by atoms with Crippen molar-refractivity contribution in [2.45, 2.75) is 38.3 Å². The van der Waals surface area contributed by atoms with Crippen molar-refractivity contribution in [2.24, 2.45) is 0 Å². The lowest BCUT2D eigenvalue weighted by Crippen LogP contribution is -2.28. The van der Waals surface area contributed by atoms with E-state index in [1.807, 2.05) is 30.6 Å². The Labute approximate surface area is 141 Å². The van der Waals surface area contributed by atoms with Gasteiger partial charge in [0.25, 0.3) is 0 Å². The SMILES string of the molecule is c1coc(-c2ncc(CN3CCCCC[C@@H]3c3ccco3)cn2)c1. The first kappa shape index (κ1) is 15.1. The zero-order valence-corrected chi connectivity index (χ0v) is 13.6. The van der Waals surface area contributed by atoms with Gasteiger partial charge in [-0.25, -0.2) is 9.97 Å². The first-order chi connectivity index (χ1) is 11.9. The quantitative estimate of drug-likeness (QED) is 0.710. The van der Waals surface area contributed by atoms with Crippen LogP contribution in [0.2, 0.25) is 0 Å². The summed E-state index contributed by atoms with van der Waals surface area (Å²) in [6.45, 7) is 1.91. The molecule has 0 aliphatic carbocycles. The highest BCUT2D eigenvalue weighted by atomic mass is 16.3. The van der Waals surface area contributed by atoms with Gasteiger partial charge in [-0.15, -0.1) is 0 Å². The molecule has 0 aromatic carbocycles. The van der Waals surface area contributed by atoms with Crippen molar-refractivity contribution in [1.82, 2.24) is 14.9 Å². The summed E-state index contributed by atoms with van der Waals surface area (Å²) in [7, 11) is 0. The molecular formula is C19H21N3O2. The van der Waals surface area contributed by atoms with Crippen LogP contribution in [-0.4, -0.2) is 21.4 Å². The normalized spacial score (nSPS) is 19.2. The van der Waals surface area contributed by atoms with Crippen LogP contribution < -0.4 is 0 Å². The molecule has 1 saturated heterocycles. The number of furan rings is 2. The van der Waals surface area contributed by atoms with Crippen molar-refractivity contribution in [1.29, 1.82) is 0 Å². The highest BCUT2D eigenvalue weighted by molar-refractivity contribution is 5.45. The molecule has 0 unspecified atom stereocenters. The third-order valence-corrected chi connectivity index (χ3v) is 4.57. The molecule has 1 atom stereocenters. The summed E-state index contributed by atoms with van der Waals surface area (Å²) in [5, 5.41) is 0. The molecule has 3 aromatic heterocycles. The molecule has 4 rings (SSSR count). The van der Waals surface area contributed by atoms with Crippen molar-refractivity contribution in [2.75, 3.05) is 6.54 Å². The molecule has 0 bridgehead atoms. The fraction of sp³-hybridized carbons (Fsp3) is 0.368. The molecule has 0 N–H and O–H groups in total. The molecule has 0 saturated carbocycles. The van der Waals surface area contributed by atoms with E-state index in [9.17, 15) is 0 Å². The van der Waals surface area contributed by atoms with Crippen LogP contribution in [0.1, 0.15) is 43.0 Å². The molecular weight excluding hydrogens is 302 g/mol. The van der Waals surface area contributed by atoms with Crippen LogP contribution in [0.25, 0.3) is 11.6 Å². The average Bonchev–Trinajstić information content (AvgIpc) is 3.28. The zero-order valence-electron chi connectivity index (χ0n) is 13.6. The maximum absolute atomic E-state index is 5.68. The van der Waals surface area contributed by atoms with Gasteiger partial charge in [-0.3, -0.25) is 4.90 Å². The summed E-state index contributed by atoms with van der Waals surface area (Å²) < 4.78 is 11.0. The molecule has 3 aromatic rings. The van der Waals surface area contributed by atoms with Gasteiger partial charge >= 0.3 is 0 Å². The van der Waals surface area contributed by atoms with Crippen molar-refractivity contribution in [3.63, 3.8) is 0 Å². The lowest BCUT2D eigenvalue weighted by atomic mass is 10.1. The summed E-state index contributed by atoms with van der Waals surface area (Å²) in [6.07, 6.45) is 12.1. The molecule has 24 heavy (non-hydrogen) atoms. The fourth-order valence-corrected chi connectivity index (χ4v) is 3.36. The largest absolute Gasteiger partial charge is 0.468 e. The number of rotatable bonds is 4. The Morgan fingerprint density at radius 1 is 1.00 bits per heavy atom. The Morgan fingerprint density at radius 2 is 1.83 bits per heavy atom. The lowest BCUT2D eigenvalue weighted by molar-refractivity contribution is 0.169. The topological polar surface area (TPSA) is 55.3 Å². The van der Waals surface area contributed by atoms with E-state index in [1.54, 1.807) is 12.5 Å². The minimum Gasteiger partial charge on any atom is -0.468 e. The van der Waals surface area contributed by atoms with E-state index >= 15 is 0 Å². The van der Waals surface area contributed by atoms with Gasteiger partial charge in [-0.05, 0) is 43.7 Å². The molecule has 5 nitrogen and oxygen atoms in total. The minimum atomic E-state index is 0.340. The second kappa shape index (κ2) is 7.01. The van der Waals surface area contributed by atoms with Gasteiger partial charge in [-0.1, -0.05) is 12.8 Å². The number of hydrogen-bond donors (Lipinski definition) is 0. The first-order valence-corrected chi connectivity index (χ1v) is 8.52. The second-order valence-corrected chi connectivity index (χ2v) is 6.24. The Hall–Kier alpha value is -2.40. The summed E-state index contributed by atoms with van der Waals surface area (Å²) in [5.41, 5.74) is 1.11. The Kier molecular flexibility index (Phi) is 4.42. The fourth-order valence-electron chi connectivity index (χ4n) is 3.36. The second-order valence-electron chi connectivity index (χ2n) is 6.24. The summed E-state index contributed by atoms with van der Waals surface area (Å²) in [5.74, 6) is 2.39. The van der Waals surface area contributed by atoms with Crippen LogP contribution in [0.4, 0.5) is 0 Å². The molecule has 124 valence electrons. The van der Waals surface area contributed by atoms with Crippen LogP contribution in [0, 0.1) is 0 Å². The first-order valence-electron chi connectivity index (χ1n) is 8.52. The smallest absolute Gasteiger partial charge is 0.195 e. The Balaban J connectivity index is 1.51. The van der Waals surface area contributed by atoms with E-state index < -0.39 is 0 Å². The van der Waals surface area contributed by atoms with E-state index in [0.29, 0.717) is 17.6 Å². The third-order valence-electron chi connectivity index (χ3n) is 4.57. The number of aromatic nitrogens is 2. The molecule has 4 heterocycles. The van der Waals surface area contributed by atoms with Crippen LogP contribution in [-0.2, 0) is 6.54 Å². The van der Waals surface area contributed by atoms with E-state index in [1.165, 1.54) is 19.3 Å². The standard InChI is InChI=1S/C19H21N3O2/c1-2-6-16(17-7-4-10-23-17)22(9-3-1)14-15-12-20-19(21-13-15)18-8-5-11-24-18/h4-5,7-8,10-13,16H,1-3,6,9,14H2/t16-/m1/s1. The molecule has 0 radical (unpaired) electrons. The highest BCUT2D eigenvalue weighted by Gasteiger charge is 2.24. The number of nitrogens with zero attached hydrogens (tertiary/aromatic N) is 3. The monoisotopic (exact) mass is 323 g/mol. The predicted octanol–water partition coefficient (Wildman–Crippen LogP) is 4.45. The van der Waals surface area contributed by atoms with E-state index in [0.717, 1.165) is 30.8 Å². The van der Waals surface area contributed by atoms with E-state index in [2.05, 4.69) is 20.9 Å². The van der Waals surface area contributed by atoms with Crippen molar-refractivity contribution in [3.8, 4) is 11.6 Å². The van der Waals surface area contributed by atoms with Gasteiger partial charge in [0.05, 0.1) is 18.6 Å². The van der Waals surface area contributed by atoms with Gasteiger partial charge in [0.15, 0.2) is 11.6 Å². The van der Waals surface area contributed by atoms with Crippen LogP contribution in [0.5, 0.6) is 0 Å². The maximum atomic E-state index is 5.68. The summed E-state index contributed by atoms with van der Waals surface area (Å²) in [4.78, 5) is 11.4. The highest BCUT2D eigenvalue weighted by Crippen LogP contribution is 2.31.